The molecule has 114 valence electrons. The van der Waals surface area contributed by atoms with Crippen LogP contribution in [0.15, 0.2) is 10.8 Å². The summed E-state index contributed by atoms with van der Waals surface area (Å²) in [4.78, 5) is 31.9. The van der Waals surface area contributed by atoms with Gasteiger partial charge in [0.2, 0.25) is 11.8 Å². The molecule has 1 saturated heterocycles. The molecule has 2 heterocycles. The van der Waals surface area contributed by atoms with Crippen molar-refractivity contribution in [2.24, 2.45) is 0 Å². The van der Waals surface area contributed by atoms with Crippen molar-refractivity contribution >= 4 is 27.9 Å². The monoisotopic (exact) mass is 358 g/mol. The normalized spacial score (nSPS) is 17.4. The number of methoxy groups -OCH3 is 1. The van der Waals surface area contributed by atoms with Gasteiger partial charge in [0.05, 0.1) is 19.9 Å². The maximum atomic E-state index is 11.4. The lowest BCUT2D eigenvalue weighted by atomic mass is 10.2. The summed E-state index contributed by atoms with van der Waals surface area (Å²) in [6.45, 7) is 0.257. The Balaban J connectivity index is 2.09. The first-order valence-electron chi connectivity index (χ1n) is 6.32. The van der Waals surface area contributed by atoms with Crippen LogP contribution in [-0.2, 0) is 11.3 Å². The number of aromatic nitrogens is 2. The van der Waals surface area contributed by atoms with Gasteiger partial charge in [-0.15, -0.1) is 0 Å². The first-order chi connectivity index (χ1) is 9.99. The molecule has 2 N–H and O–H groups in total. The van der Waals surface area contributed by atoms with Crippen molar-refractivity contribution in [1.29, 1.82) is 0 Å². The highest BCUT2D eigenvalue weighted by Gasteiger charge is 2.26. The fourth-order valence-electron chi connectivity index (χ4n) is 2.12. The molecule has 8 nitrogen and oxygen atoms in total. The SMILES string of the molecule is COc1nc(Br)cnc1CN(C[C@@H]1CCC(=O)N1)C(=O)O. The Morgan fingerprint density at radius 1 is 1.67 bits per heavy atom. The molecule has 2 amide bonds. The fourth-order valence-corrected chi connectivity index (χ4v) is 2.38. The molecular formula is C12H15BrN4O4. The van der Waals surface area contributed by atoms with Crippen LogP contribution < -0.4 is 10.1 Å². The van der Waals surface area contributed by atoms with Gasteiger partial charge in [-0.2, -0.15) is 0 Å². The summed E-state index contributed by atoms with van der Waals surface area (Å²) in [6, 6.07) is -0.164. The number of carboxylic acid groups (broad SMARTS) is 1. The van der Waals surface area contributed by atoms with E-state index >= 15 is 0 Å². The van der Waals surface area contributed by atoms with Crippen molar-refractivity contribution in [2.45, 2.75) is 25.4 Å². The zero-order valence-electron chi connectivity index (χ0n) is 11.4. The fraction of sp³-hybridized carbons (Fsp3) is 0.500. The zero-order valence-corrected chi connectivity index (χ0v) is 13.0. The topological polar surface area (TPSA) is 105 Å². The van der Waals surface area contributed by atoms with E-state index in [4.69, 9.17) is 4.74 Å². The van der Waals surface area contributed by atoms with Gasteiger partial charge in [-0.3, -0.25) is 9.78 Å². The van der Waals surface area contributed by atoms with Crippen LogP contribution in [0.25, 0.3) is 0 Å². The van der Waals surface area contributed by atoms with E-state index in [-0.39, 0.29) is 30.9 Å². The van der Waals surface area contributed by atoms with Crippen LogP contribution in [0.4, 0.5) is 4.79 Å². The van der Waals surface area contributed by atoms with E-state index in [1.807, 2.05) is 0 Å². The van der Waals surface area contributed by atoms with Crippen LogP contribution >= 0.6 is 15.9 Å². The van der Waals surface area contributed by atoms with E-state index in [2.05, 4.69) is 31.2 Å². The highest BCUT2D eigenvalue weighted by Crippen LogP contribution is 2.19. The third kappa shape index (κ3) is 4.03. The Bertz CT molecular complexity index is 554. The number of amides is 2. The maximum absolute atomic E-state index is 11.4. The van der Waals surface area contributed by atoms with Gasteiger partial charge >= 0.3 is 6.09 Å². The lowest BCUT2D eigenvalue weighted by Crippen LogP contribution is -2.41. The van der Waals surface area contributed by atoms with Gasteiger partial charge in [0, 0.05) is 19.0 Å². The van der Waals surface area contributed by atoms with Gasteiger partial charge in [0.25, 0.3) is 0 Å². The molecule has 0 saturated carbocycles. The minimum absolute atomic E-state index is 0.0468. The number of hydrogen-bond acceptors (Lipinski definition) is 5. The molecule has 1 aliphatic rings. The number of rotatable bonds is 5. The molecular weight excluding hydrogens is 344 g/mol. The Labute approximate surface area is 129 Å². The Hall–Kier alpha value is -1.90. The van der Waals surface area contributed by atoms with E-state index < -0.39 is 6.09 Å². The average Bonchev–Trinajstić information content (AvgIpc) is 2.85. The van der Waals surface area contributed by atoms with Crippen LogP contribution in [0.1, 0.15) is 18.5 Å². The lowest BCUT2D eigenvalue weighted by Gasteiger charge is -2.22. The highest BCUT2D eigenvalue weighted by molar-refractivity contribution is 9.10. The first-order valence-corrected chi connectivity index (χ1v) is 7.11. The molecule has 2 rings (SSSR count). The van der Waals surface area contributed by atoms with Crippen LogP contribution in [0.3, 0.4) is 0 Å². The predicted molar refractivity (Wildman–Crippen MR) is 75.9 cm³/mol. The molecule has 0 unspecified atom stereocenters. The largest absolute Gasteiger partial charge is 0.480 e. The van der Waals surface area contributed by atoms with E-state index in [1.54, 1.807) is 0 Å². The van der Waals surface area contributed by atoms with E-state index in [1.165, 1.54) is 18.2 Å². The van der Waals surface area contributed by atoms with Crippen LogP contribution in [0, 0.1) is 0 Å². The van der Waals surface area contributed by atoms with E-state index in [0.29, 0.717) is 23.1 Å². The quantitative estimate of drug-likeness (QED) is 0.813. The second-order valence-corrected chi connectivity index (χ2v) is 5.43. The molecule has 9 heteroatoms. The third-order valence-corrected chi connectivity index (χ3v) is 3.49. The second kappa shape index (κ2) is 6.70. The van der Waals surface area contributed by atoms with E-state index in [9.17, 15) is 14.7 Å². The number of halogens is 1. The molecule has 1 aliphatic heterocycles. The van der Waals surface area contributed by atoms with Gasteiger partial charge in [0.1, 0.15) is 10.3 Å². The first kappa shape index (κ1) is 15.5. The van der Waals surface area contributed by atoms with Crippen LogP contribution in [0.5, 0.6) is 5.88 Å². The number of nitrogens with one attached hydrogen (secondary N) is 1. The summed E-state index contributed by atoms with van der Waals surface area (Å²) in [5.41, 5.74) is 0.424. The number of nitrogens with zero attached hydrogens (tertiary/aromatic N) is 3. The Morgan fingerprint density at radius 3 is 3.00 bits per heavy atom. The summed E-state index contributed by atoms with van der Waals surface area (Å²) in [5.74, 6) is 0.220. The van der Waals surface area contributed by atoms with Gasteiger partial charge in [-0.05, 0) is 22.4 Å². The predicted octanol–water partition coefficient (Wildman–Crippen LogP) is 1.01. The molecule has 1 aromatic rings. The van der Waals surface area contributed by atoms with Crippen LogP contribution in [-0.4, -0.2) is 51.7 Å². The number of carbonyl (C=O) groups excluding carboxylic acids is 1. The van der Waals surface area contributed by atoms with Gasteiger partial charge in [0.15, 0.2) is 0 Å². The zero-order chi connectivity index (χ0) is 15.4. The summed E-state index contributed by atoms with van der Waals surface area (Å²) < 4.78 is 5.61. The molecule has 21 heavy (non-hydrogen) atoms. The summed E-state index contributed by atoms with van der Waals surface area (Å²) in [6.07, 6.45) is 1.46. The molecule has 0 aliphatic carbocycles. The molecule has 1 fully saturated rings. The standard InChI is InChI=1S/C12H15BrN4O4/c1-21-11-8(14-4-9(13)16-11)6-17(12(19)20)5-7-2-3-10(18)15-7/h4,7H,2-3,5-6H2,1H3,(H,15,18)(H,19,20)/t7-/m0/s1. The number of ether oxygens (including phenoxy) is 1. The average molecular weight is 359 g/mol. The molecule has 0 spiro atoms. The smallest absolute Gasteiger partial charge is 0.407 e. The summed E-state index contributed by atoms with van der Waals surface area (Å²) >= 11 is 3.18. The van der Waals surface area contributed by atoms with Crippen molar-refractivity contribution in [3.8, 4) is 5.88 Å². The molecule has 0 radical (unpaired) electrons. The van der Waals surface area contributed by atoms with Gasteiger partial charge in [-0.1, -0.05) is 0 Å². The van der Waals surface area contributed by atoms with Crippen molar-refractivity contribution < 1.29 is 19.4 Å². The molecule has 0 aromatic carbocycles. The summed E-state index contributed by atoms with van der Waals surface area (Å²) in [5, 5.41) is 12.0. The lowest BCUT2D eigenvalue weighted by molar-refractivity contribution is -0.119. The number of hydrogen-bond donors (Lipinski definition) is 2. The Morgan fingerprint density at radius 2 is 2.43 bits per heavy atom. The minimum atomic E-state index is -1.08. The van der Waals surface area contributed by atoms with Crippen molar-refractivity contribution in [1.82, 2.24) is 20.2 Å². The van der Waals surface area contributed by atoms with Crippen LogP contribution in [0.2, 0.25) is 0 Å². The molecule has 1 atom stereocenters. The maximum Gasteiger partial charge on any atom is 0.407 e. The van der Waals surface area contributed by atoms with Gasteiger partial charge in [-0.25, -0.2) is 9.78 Å². The summed E-state index contributed by atoms with van der Waals surface area (Å²) in [7, 11) is 1.45. The van der Waals surface area contributed by atoms with Crippen molar-refractivity contribution in [3.05, 3.63) is 16.5 Å². The Kier molecular flexibility index (Phi) is 4.94. The van der Waals surface area contributed by atoms with Gasteiger partial charge < -0.3 is 20.1 Å². The van der Waals surface area contributed by atoms with Crippen molar-refractivity contribution in [2.75, 3.05) is 13.7 Å². The second-order valence-electron chi connectivity index (χ2n) is 4.61. The minimum Gasteiger partial charge on any atom is -0.480 e. The molecule has 0 bridgehead atoms. The van der Waals surface area contributed by atoms with E-state index in [0.717, 1.165) is 0 Å². The third-order valence-electron chi connectivity index (χ3n) is 3.11. The number of carbonyl (C=O) groups is 2. The highest BCUT2D eigenvalue weighted by atomic mass is 79.9. The van der Waals surface area contributed by atoms with Crippen molar-refractivity contribution in [3.63, 3.8) is 0 Å². The molecule has 1 aromatic heterocycles.